The highest BCUT2D eigenvalue weighted by molar-refractivity contribution is 5.66. The minimum absolute atomic E-state index is 0.128. The van der Waals surface area contributed by atoms with Crippen LogP contribution in [0, 0.1) is 17.5 Å². The van der Waals surface area contributed by atoms with Crippen LogP contribution in [-0.2, 0) is 6.42 Å². The number of rotatable bonds is 6. The predicted molar refractivity (Wildman–Crippen MR) is 130 cm³/mol. The van der Waals surface area contributed by atoms with Crippen LogP contribution >= 0.6 is 0 Å². The van der Waals surface area contributed by atoms with Crippen molar-refractivity contribution in [1.82, 2.24) is 14.9 Å². The molecule has 0 spiro atoms. The topological polar surface area (TPSA) is 53.5 Å². The molecule has 2 heterocycles. The Kier molecular flexibility index (Phi) is 6.34. The number of nitrogens with one attached hydrogen (secondary N) is 1. The molecule has 1 aliphatic carbocycles. The summed E-state index contributed by atoms with van der Waals surface area (Å²) in [7, 11) is 0. The van der Waals surface area contributed by atoms with Gasteiger partial charge >= 0.3 is 0 Å². The van der Waals surface area contributed by atoms with Gasteiger partial charge in [-0.25, -0.2) is 13.8 Å². The molecule has 35 heavy (non-hydrogen) atoms. The van der Waals surface area contributed by atoms with E-state index >= 15 is 4.39 Å². The highest BCUT2D eigenvalue weighted by Crippen LogP contribution is 2.35. The van der Waals surface area contributed by atoms with Crippen LogP contribution in [0.1, 0.15) is 25.0 Å². The first-order chi connectivity index (χ1) is 16.9. The lowest BCUT2D eigenvalue weighted by atomic mass is 10.1. The van der Waals surface area contributed by atoms with Gasteiger partial charge in [0.25, 0.3) is 5.88 Å². The normalized spacial score (nSPS) is 15.7. The molecule has 0 radical (unpaired) electrons. The lowest BCUT2D eigenvalue weighted by Gasteiger charge is -2.35. The maximum absolute atomic E-state index is 15.1. The molecule has 0 atom stereocenters. The maximum Gasteiger partial charge on any atom is 0.261 e. The van der Waals surface area contributed by atoms with Crippen molar-refractivity contribution in [2.24, 2.45) is 0 Å². The van der Waals surface area contributed by atoms with E-state index < -0.39 is 23.3 Å². The van der Waals surface area contributed by atoms with Gasteiger partial charge in [0.1, 0.15) is 12.1 Å². The summed E-state index contributed by atoms with van der Waals surface area (Å²) >= 11 is 0. The van der Waals surface area contributed by atoms with Crippen LogP contribution in [0.5, 0.6) is 11.6 Å². The van der Waals surface area contributed by atoms with E-state index in [0.29, 0.717) is 23.4 Å². The molecule has 1 aliphatic heterocycles. The average Bonchev–Trinajstić information content (AvgIpc) is 3.25. The van der Waals surface area contributed by atoms with Crippen molar-refractivity contribution in [2.45, 2.75) is 20.3 Å². The molecule has 5 rings (SSSR count). The standard InChI is InChI=1S/C26H26F3N5O/c1-3-33-8-10-34(11-9-33)21-6-5-18(14-20(21)27)32-25-24(29)26(31-15-30-25)35-22-7-4-17-12-16(2)13-19(17)23(22)28/h4-7,13-15H,3,8-12H2,1-2H3,(H,30,31,32). The summed E-state index contributed by atoms with van der Waals surface area (Å²) in [6.45, 7) is 8.26. The van der Waals surface area contributed by atoms with Gasteiger partial charge in [0.2, 0.25) is 5.82 Å². The molecule has 2 aliphatic rings. The number of nitrogens with zero attached hydrogens (tertiary/aromatic N) is 4. The zero-order chi connectivity index (χ0) is 24.5. The number of anilines is 3. The SMILES string of the molecule is CCN1CCN(c2ccc(Nc3ncnc(Oc4ccc5c(c4F)C=C(C)C5)c3F)cc2F)CC1. The number of fused-ring (bicyclic) bond motifs is 1. The van der Waals surface area contributed by atoms with Gasteiger partial charge in [-0.2, -0.15) is 9.37 Å². The lowest BCUT2D eigenvalue weighted by Crippen LogP contribution is -2.46. The number of benzene rings is 2. The van der Waals surface area contributed by atoms with Crippen LogP contribution in [0.2, 0.25) is 0 Å². The molecule has 0 unspecified atom stereocenters. The zero-order valence-corrected chi connectivity index (χ0v) is 19.6. The summed E-state index contributed by atoms with van der Waals surface area (Å²) in [5, 5.41) is 2.77. The summed E-state index contributed by atoms with van der Waals surface area (Å²) in [6, 6.07) is 7.86. The van der Waals surface area contributed by atoms with Crippen molar-refractivity contribution in [3.8, 4) is 11.6 Å². The van der Waals surface area contributed by atoms with Crippen molar-refractivity contribution in [3.05, 3.63) is 70.8 Å². The summed E-state index contributed by atoms with van der Waals surface area (Å²) in [5.41, 5.74) is 3.17. The van der Waals surface area contributed by atoms with Gasteiger partial charge in [0, 0.05) is 37.4 Å². The maximum atomic E-state index is 15.1. The van der Waals surface area contributed by atoms with E-state index in [4.69, 9.17) is 4.74 Å². The number of piperazine rings is 1. The first-order valence-electron chi connectivity index (χ1n) is 11.6. The molecule has 182 valence electrons. The number of allylic oxidation sites excluding steroid dienone is 1. The first kappa shape index (κ1) is 23.2. The highest BCUT2D eigenvalue weighted by Gasteiger charge is 2.22. The van der Waals surface area contributed by atoms with Crippen molar-refractivity contribution < 1.29 is 17.9 Å². The van der Waals surface area contributed by atoms with Crippen LogP contribution in [0.25, 0.3) is 6.08 Å². The molecule has 1 saturated heterocycles. The number of likely N-dealkylation sites (N-methyl/N-ethyl adjacent to an activating group) is 1. The van der Waals surface area contributed by atoms with Crippen LogP contribution in [0.4, 0.5) is 30.4 Å². The number of aromatic nitrogens is 2. The van der Waals surface area contributed by atoms with Gasteiger partial charge < -0.3 is 19.9 Å². The Morgan fingerprint density at radius 2 is 1.80 bits per heavy atom. The Morgan fingerprint density at radius 3 is 2.54 bits per heavy atom. The van der Waals surface area contributed by atoms with Crippen LogP contribution < -0.4 is 15.0 Å². The fourth-order valence-corrected chi connectivity index (χ4v) is 4.50. The predicted octanol–water partition coefficient (Wildman–Crippen LogP) is 5.53. The van der Waals surface area contributed by atoms with E-state index in [0.717, 1.165) is 50.2 Å². The minimum Gasteiger partial charge on any atom is -0.433 e. The molecular weight excluding hydrogens is 455 g/mol. The second-order valence-corrected chi connectivity index (χ2v) is 8.77. The number of hydrogen-bond donors (Lipinski definition) is 1. The fraction of sp³-hybridized carbons (Fsp3) is 0.308. The zero-order valence-electron chi connectivity index (χ0n) is 19.6. The molecule has 3 aromatic rings. The third-order valence-electron chi connectivity index (χ3n) is 6.43. The Bertz CT molecular complexity index is 1290. The summed E-state index contributed by atoms with van der Waals surface area (Å²) in [6.07, 6.45) is 3.53. The molecule has 9 heteroatoms. The number of hydrogen-bond acceptors (Lipinski definition) is 6. The van der Waals surface area contributed by atoms with Crippen molar-refractivity contribution in [3.63, 3.8) is 0 Å². The van der Waals surface area contributed by atoms with Gasteiger partial charge in [0.15, 0.2) is 17.4 Å². The molecule has 2 aromatic carbocycles. The monoisotopic (exact) mass is 481 g/mol. The van der Waals surface area contributed by atoms with E-state index in [-0.39, 0.29) is 11.6 Å². The summed E-state index contributed by atoms with van der Waals surface area (Å²) < 4.78 is 50.3. The molecular formula is C26H26F3N5O. The van der Waals surface area contributed by atoms with Crippen LogP contribution in [0.3, 0.4) is 0 Å². The number of ether oxygens (including phenoxy) is 1. The van der Waals surface area contributed by atoms with E-state index in [1.807, 2.05) is 11.8 Å². The third-order valence-corrected chi connectivity index (χ3v) is 6.43. The van der Waals surface area contributed by atoms with Crippen molar-refractivity contribution >= 4 is 23.3 Å². The molecule has 0 saturated carbocycles. The molecule has 1 aromatic heterocycles. The van der Waals surface area contributed by atoms with Gasteiger partial charge in [-0.05, 0) is 49.7 Å². The van der Waals surface area contributed by atoms with Crippen LogP contribution in [0.15, 0.2) is 42.2 Å². The molecule has 0 bridgehead atoms. The van der Waals surface area contributed by atoms with Crippen molar-refractivity contribution in [2.75, 3.05) is 42.9 Å². The van der Waals surface area contributed by atoms with Gasteiger partial charge in [-0.3, -0.25) is 0 Å². The van der Waals surface area contributed by atoms with Gasteiger partial charge in [0.05, 0.1) is 5.69 Å². The lowest BCUT2D eigenvalue weighted by molar-refractivity contribution is 0.270. The minimum atomic E-state index is -0.903. The highest BCUT2D eigenvalue weighted by atomic mass is 19.1. The Hall–Kier alpha value is -3.59. The van der Waals surface area contributed by atoms with E-state index in [9.17, 15) is 8.78 Å². The Labute approximate surface area is 202 Å². The summed E-state index contributed by atoms with van der Waals surface area (Å²) in [4.78, 5) is 12.0. The quantitative estimate of drug-likeness (QED) is 0.500. The average molecular weight is 482 g/mol. The molecule has 1 fully saturated rings. The molecule has 0 amide bonds. The summed E-state index contributed by atoms with van der Waals surface area (Å²) in [5.74, 6) is -2.63. The van der Waals surface area contributed by atoms with Crippen molar-refractivity contribution in [1.29, 1.82) is 0 Å². The second-order valence-electron chi connectivity index (χ2n) is 8.77. The van der Waals surface area contributed by atoms with Gasteiger partial charge in [-0.1, -0.05) is 24.6 Å². The second kappa shape index (κ2) is 9.58. The Balaban J connectivity index is 1.33. The fourth-order valence-electron chi connectivity index (χ4n) is 4.50. The first-order valence-corrected chi connectivity index (χ1v) is 11.6. The number of halogens is 3. The van der Waals surface area contributed by atoms with Crippen LogP contribution in [-0.4, -0.2) is 47.6 Å². The van der Waals surface area contributed by atoms with E-state index in [1.165, 1.54) is 12.1 Å². The van der Waals surface area contributed by atoms with Gasteiger partial charge in [-0.15, -0.1) is 0 Å². The molecule has 6 nitrogen and oxygen atoms in total. The van der Waals surface area contributed by atoms with E-state index in [1.54, 1.807) is 24.3 Å². The third kappa shape index (κ3) is 4.68. The smallest absolute Gasteiger partial charge is 0.261 e. The largest absolute Gasteiger partial charge is 0.433 e. The van der Waals surface area contributed by atoms with E-state index in [2.05, 4.69) is 27.1 Å². The Morgan fingerprint density at radius 1 is 1.00 bits per heavy atom. The molecule has 1 N–H and O–H groups in total.